The van der Waals surface area contributed by atoms with Crippen LogP contribution in [0.3, 0.4) is 0 Å². The summed E-state index contributed by atoms with van der Waals surface area (Å²) in [5.74, 6) is 0.657. The van der Waals surface area contributed by atoms with Gasteiger partial charge in [0.2, 0.25) is 0 Å². The number of benzene rings is 1. The highest BCUT2D eigenvalue weighted by molar-refractivity contribution is 6.01. The Balaban J connectivity index is 1.75. The number of anilines is 2. The number of amides is 2. The lowest BCUT2D eigenvalue weighted by Crippen LogP contribution is -2.19. The van der Waals surface area contributed by atoms with E-state index in [2.05, 4.69) is 27.6 Å². The van der Waals surface area contributed by atoms with Crippen LogP contribution in [0.5, 0.6) is 0 Å². The largest absolute Gasteiger partial charge is 0.323 e. The van der Waals surface area contributed by atoms with Crippen molar-refractivity contribution in [3.63, 3.8) is 0 Å². The van der Waals surface area contributed by atoms with E-state index in [1.54, 1.807) is 16.8 Å². The lowest BCUT2D eigenvalue weighted by molar-refractivity contribution is 0.262. The fourth-order valence-corrected chi connectivity index (χ4v) is 2.22. The van der Waals surface area contributed by atoms with Gasteiger partial charge in [0.1, 0.15) is 5.82 Å². The molecule has 2 N–H and O–H groups in total. The molecule has 0 aliphatic rings. The molecular formula is C16H17N5O. The lowest BCUT2D eigenvalue weighted by atomic mass is 10.1. The van der Waals surface area contributed by atoms with Crippen molar-refractivity contribution in [1.29, 1.82) is 0 Å². The standard InChI is InChI=1S/C16H17N5O/c1-3-12-6-8-13(9-7-12)18-16(22)19-14-5-4-10-21-15(14)17-11(2)20-21/h4-10H,3H2,1-2H3,(H2,18,19,22). The van der Waals surface area contributed by atoms with Crippen LogP contribution in [0, 0.1) is 6.92 Å². The van der Waals surface area contributed by atoms with Crippen LogP contribution in [0.2, 0.25) is 0 Å². The van der Waals surface area contributed by atoms with Crippen molar-refractivity contribution in [2.45, 2.75) is 20.3 Å². The smallest absolute Gasteiger partial charge is 0.308 e. The number of carbonyl (C=O) groups excluding carboxylic acids is 1. The number of hydrogen-bond acceptors (Lipinski definition) is 3. The van der Waals surface area contributed by atoms with E-state index < -0.39 is 0 Å². The number of hydrogen-bond donors (Lipinski definition) is 2. The number of aromatic nitrogens is 3. The summed E-state index contributed by atoms with van der Waals surface area (Å²) in [4.78, 5) is 16.4. The van der Waals surface area contributed by atoms with E-state index in [9.17, 15) is 4.79 Å². The molecule has 3 rings (SSSR count). The van der Waals surface area contributed by atoms with E-state index in [4.69, 9.17) is 0 Å². The first-order valence-corrected chi connectivity index (χ1v) is 7.14. The van der Waals surface area contributed by atoms with Crippen molar-refractivity contribution in [2.24, 2.45) is 0 Å². The molecule has 22 heavy (non-hydrogen) atoms. The number of rotatable bonds is 3. The summed E-state index contributed by atoms with van der Waals surface area (Å²) >= 11 is 0. The third-order valence-electron chi connectivity index (χ3n) is 3.34. The Kier molecular flexibility index (Phi) is 3.74. The highest BCUT2D eigenvalue weighted by Gasteiger charge is 2.09. The lowest BCUT2D eigenvalue weighted by Gasteiger charge is -2.08. The summed E-state index contributed by atoms with van der Waals surface area (Å²) in [6.45, 7) is 3.91. The summed E-state index contributed by atoms with van der Waals surface area (Å²) in [7, 11) is 0. The molecule has 3 aromatic rings. The quantitative estimate of drug-likeness (QED) is 0.779. The molecular weight excluding hydrogens is 278 g/mol. The minimum atomic E-state index is -0.307. The first-order chi connectivity index (χ1) is 10.7. The zero-order valence-corrected chi connectivity index (χ0v) is 12.5. The van der Waals surface area contributed by atoms with Crippen molar-refractivity contribution in [1.82, 2.24) is 14.6 Å². The maximum Gasteiger partial charge on any atom is 0.323 e. The van der Waals surface area contributed by atoms with Crippen LogP contribution in [-0.4, -0.2) is 20.6 Å². The number of nitrogens with zero attached hydrogens (tertiary/aromatic N) is 3. The van der Waals surface area contributed by atoms with Gasteiger partial charge in [-0.15, -0.1) is 0 Å². The average Bonchev–Trinajstić information content (AvgIpc) is 2.89. The van der Waals surface area contributed by atoms with Crippen LogP contribution in [0.25, 0.3) is 5.65 Å². The molecule has 1 aromatic carbocycles. The molecule has 2 aromatic heterocycles. The molecule has 0 unspecified atom stereocenters. The Labute approximate surface area is 128 Å². The Bertz CT molecular complexity index is 807. The molecule has 0 aliphatic heterocycles. The summed E-state index contributed by atoms with van der Waals surface area (Å²) in [6.07, 6.45) is 2.77. The Hall–Kier alpha value is -2.89. The van der Waals surface area contributed by atoms with E-state index in [1.807, 2.05) is 37.3 Å². The predicted octanol–water partition coefficient (Wildman–Crippen LogP) is 3.24. The molecule has 0 atom stereocenters. The first-order valence-electron chi connectivity index (χ1n) is 7.14. The van der Waals surface area contributed by atoms with Crippen LogP contribution in [0.1, 0.15) is 18.3 Å². The fourth-order valence-electron chi connectivity index (χ4n) is 2.22. The van der Waals surface area contributed by atoms with Gasteiger partial charge in [-0.05, 0) is 43.2 Å². The third-order valence-corrected chi connectivity index (χ3v) is 3.34. The second-order valence-electron chi connectivity index (χ2n) is 4.98. The zero-order valence-electron chi connectivity index (χ0n) is 12.5. The van der Waals surface area contributed by atoms with Crippen molar-refractivity contribution in [3.8, 4) is 0 Å². The molecule has 0 radical (unpaired) electrons. The highest BCUT2D eigenvalue weighted by Crippen LogP contribution is 2.15. The van der Waals surface area contributed by atoms with Gasteiger partial charge in [-0.2, -0.15) is 5.10 Å². The molecule has 112 valence electrons. The second kappa shape index (κ2) is 5.85. The van der Waals surface area contributed by atoms with Crippen molar-refractivity contribution < 1.29 is 4.79 Å². The summed E-state index contributed by atoms with van der Waals surface area (Å²) < 4.78 is 1.64. The molecule has 0 saturated carbocycles. The molecule has 2 heterocycles. The number of carbonyl (C=O) groups is 1. The van der Waals surface area contributed by atoms with Crippen LogP contribution >= 0.6 is 0 Å². The van der Waals surface area contributed by atoms with Crippen LogP contribution < -0.4 is 10.6 Å². The van der Waals surface area contributed by atoms with E-state index >= 15 is 0 Å². The number of aryl methyl sites for hydroxylation is 2. The van der Waals surface area contributed by atoms with Gasteiger partial charge in [0, 0.05) is 11.9 Å². The molecule has 0 bridgehead atoms. The molecule has 6 heteroatoms. The SMILES string of the molecule is CCc1ccc(NC(=O)Nc2cccn3nc(C)nc23)cc1. The van der Waals surface area contributed by atoms with Crippen LogP contribution in [0.15, 0.2) is 42.6 Å². The van der Waals surface area contributed by atoms with Crippen LogP contribution in [-0.2, 0) is 6.42 Å². The van der Waals surface area contributed by atoms with Gasteiger partial charge in [0.05, 0.1) is 5.69 Å². The van der Waals surface area contributed by atoms with Crippen LogP contribution in [0.4, 0.5) is 16.2 Å². The molecule has 0 aliphatic carbocycles. The van der Waals surface area contributed by atoms with E-state index in [0.29, 0.717) is 17.2 Å². The Morgan fingerprint density at radius 3 is 2.68 bits per heavy atom. The second-order valence-corrected chi connectivity index (χ2v) is 4.98. The fraction of sp³-hybridized carbons (Fsp3) is 0.188. The number of nitrogens with one attached hydrogen (secondary N) is 2. The zero-order chi connectivity index (χ0) is 15.5. The predicted molar refractivity (Wildman–Crippen MR) is 86.2 cm³/mol. The average molecular weight is 295 g/mol. The van der Waals surface area contributed by atoms with E-state index in [1.165, 1.54) is 5.56 Å². The topological polar surface area (TPSA) is 71.3 Å². The van der Waals surface area contributed by atoms with Crippen molar-refractivity contribution >= 4 is 23.1 Å². The molecule has 0 spiro atoms. The normalized spacial score (nSPS) is 10.6. The maximum atomic E-state index is 12.1. The van der Waals surface area contributed by atoms with Gasteiger partial charge < -0.3 is 10.6 Å². The summed E-state index contributed by atoms with van der Waals surface area (Å²) in [5.41, 5.74) is 3.22. The summed E-state index contributed by atoms with van der Waals surface area (Å²) in [6, 6.07) is 11.1. The number of fused-ring (bicyclic) bond motifs is 1. The molecule has 6 nitrogen and oxygen atoms in total. The van der Waals surface area contributed by atoms with E-state index in [0.717, 1.165) is 12.1 Å². The van der Waals surface area contributed by atoms with Gasteiger partial charge >= 0.3 is 6.03 Å². The molecule has 2 amide bonds. The minimum absolute atomic E-state index is 0.307. The van der Waals surface area contributed by atoms with Crippen molar-refractivity contribution in [2.75, 3.05) is 10.6 Å². The molecule has 0 saturated heterocycles. The third kappa shape index (κ3) is 2.90. The van der Waals surface area contributed by atoms with Gasteiger partial charge in [-0.25, -0.2) is 14.3 Å². The Morgan fingerprint density at radius 2 is 1.95 bits per heavy atom. The summed E-state index contributed by atoms with van der Waals surface area (Å²) in [5, 5.41) is 9.83. The minimum Gasteiger partial charge on any atom is -0.308 e. The van der Waals surface area contributed by atoms with Gasteiger partial charge in [0.25, 0.3) is 0 Å². The van der Waals surface area contributed by atoms with E-state index in [-0.39, 0.29) is 6.03 Å². The highest BCUT2D eigenvalue weighted by atomic mass is 16.2. The van der Waals surface area contributed by atoms with Gasteiger partial charge in [-0.1, -0.05) is 19.1 Å². The first kappa shape index (κ1) is 14.1. The molecule has 0 fully saturated rings. The van der Waals surface area contributed by atoms with Crippen molar-refractivity contribution in [3.05, 3.63) is 54.0 Å². The number of pyridine rings is 1. The Morgan fingerprint density at radius 1 is 1.18 bits per heavy atom. The number of urea groups is 1. The van der Waals surface area contributed by atoms with Gasteiger partial charge in [0.15, 0.2) is 5.65 Å². The van der Waals surface area contributed by atoms with Gasteiger partial charge in [-0.3, -0.25) is 0 Å². The maximum absolute atomic E-state index is 12.1. The monoisotopic (exact) mass is 295 g/mol.